The molecule has 1 aromatic heterocycles. The molecule has 8 nitrogen and oxygen atoms in total. The molecule has 0 bridgehead atoms. The van der Waals surface area contributed by atoms with Crippen molar-refractivity contribution in [2.75, 3.05) is 30.3 Å². The molecule has 150 valence electrons. The maximum Gasteiger partial charge on any atom is 0.292 e. The van der Waals surface area contributed by atoms with Gasteiger partial charge in [0.2, 0.25) is 0 Å². The van der Waals surface area contributed by atoms with Crippen LogP contribution in [0.3, 0.4) is 0 Å². The van der Waals surface area contributed by atoms with Crippen LogP contribution in [0.4, 0.5) is 11.4 Å². The van der Waals surface area contributed by atoms with Gasteiger partial charge in [-0.15, -0.1) is 11.8 Å². The first-order valence-corrected chi connectivity index (χ1v) is 10.4. The second-order valence-electron chi connectivity index (χ2n) is 6.58. The van der Waals surface area contributed by atoms with Crippen LogP contribution < -0.4 is 9.64 Å². The molecule has 0 amide bonds. The molecule has 4 rings (SSSR count). The molecule has 2 heterocycles. The third-order valence-corrected chi connectivity index (χ3v) is 5.64. The number of aromatic nitrogens is 2. The van der Waals surface area contributed by atoms with E-state index in [-0.39, 0.29) is 10.6 Å². The number of ether oxygens (including phenoxy) is 1. The zero-order chi connectivity index (χ0) is 20.1. The molecule has 3 aromatic rings. The second-order valence-corrected chi connectivity index (χ2v) is 7.75. The quantitative estimate of drug-likeness (QED) is 0.232. The Morgan fingerprint density at radius 1 is 1.14 bits per heavy atom. The fourth-order valence-electron chi connectivity index (χ4n) is 3.30. The summed E-state index contributed by atoms with van der Waals surface area (Å²) in [5.41, 5.74) is 2.31. The molecule has 0 atom stereocenters. The number of hydrogen-bond acceptors (Lipinski definition) is 8. The highest BCUT2D eigenvalue weighted by atomic mass is 32.2. The number of benzene rings is 2. The van der Waals surface area contributed by atoms with Crippen LogP contribution in [0.2, 0.25) is 0 Å². The van der Waals surface area contributed by atoms with E-state index in [4.69, 9.17) is 9.37 Å². The molecule has 29 heavy (non-hydrogen) atoms. The van der Waals surface area contributed by atoms with Crippen LogP contribution in [0, 0.1) is 10.1 Å². The Labute approximate surface area is 172 Å². The number of thioether (sulfide) groups is 1. The van der Waals surface area contributed by atoms with Gasteiger partial charge in [-0.25, -0.2) is 4.63 Å². The van der Waals surface area contributed by atoms with Gasteiger partial charge in [0.25, 0.3) is 11.6 Å². The molecule has 0 aliphatic carbocycles. The van der Waals surface area contributed by atoms with Gasteiger partial charge < -0.3 is 9.64 Å². The van der Waals surface area contributed by atoms with Crippen molar-refractivity contribution in [3.63, 3.8) is 0 Å². The minimum Gasteiger partial charge on any atom is -0.473 e. The molecule has 0 saturated carbocycles. The normalized spacial score (nSPS) is 13.6. The highest BCUT2D eigenvalue weighted by Gasteiger charge is 2.22. The Morgan fingerprint density at radius 2 is 1.93 bits per heavy atom. The summed E-state index contributed by atoms with van der Waals surface area (Å²) in [6.07, 6.45) is 2.13. The van der Waals surface area contributed by atoms with E-state index in [1.807, 2.05) is 36.4 Å². The first-order chi connectivity index (χ1) is 14.2. The predicted octanol–water partition coefficient (Wildman–Crippen LogP) is 4.42. The van der Waals surface area contributed by atoms with Gasteiger partial charge in [0.1, 0.15) is 5.69 Å². The SMILES string of the molecule is O=[N+]([O-])c1ccc(SCCOc2nonc2-c2ccccc2)cc1N1CCCC1. The third kappa shape index (κ3) is 4.51. The van der Waals surface area contributed by atoms with E-state index in [1.54, 1.807) is 23.9 Å². The molecule has 1 saturated heterocycles. The van der Waals surface area contributed by atoms with Crippen molar-refractivity contribution in [3.05, 3.63) is 58.6 Å². The maximum atomic E-state index is 11.4. The standard InChI is InChI=1S/C20H20N4O4S/c25-24(26)17-9-8-16(14-18(17)23-10-4-5-11-23)29-13-12-27-20-19(21-28-22-20)15-6-2-1-3-7-15/h1-3,6-9,14H,4-5,10-13H2. The van der Waals surface area contributed by atoms with Gasteiger partial charge in [0.15, 0.2) is 5.69 Å². The summed E-state index contributed by atoms with van der Waals surface area (Å²) in [6, 6.07) is 14.9. The topological polar surface area (TPSA) is 94.5 Å². The molecule has 0 spiro atoms. The largest absolute Gasteiger partial charge is 0.473 e. The average molecular weight is 412 g/mol. The van der Waals surface area contributed by atoms with Gasteiger partial charge in [-0.3, -0.25) is 10.1 Å². The lowest BCUT2D eigenvalue weighted by Crippen LogP contribution is -2.18. The summed E-state index contributed by atoms with van der Waals surface area (Å²) in [4.78, 5) is 14.1. The first-order valence-electron chi connectivity index (χ1n) is 9.39. The van der Waals surface area contributed by atoms with Crippen LogP contribution in [0.1, 0.15) is 12.8 Å². The fourth-order valence-corrected chi connectivity index (χ4v) is 4.07. The minimum absolute atomic E-state index is 0.161. The lowest BCUT2D eigenvalue weighted by atomic mass is 10.2. The Bertz CT molecular complexity index is 974. The van der Waals surface area contributed by atoms with E-state index in [2.05, 4.69) is 15.2 Å². The molecule has 0 N–H and O–H groups in total. The molecular formula is C20H20N4O4S. The van der Waals surface area contributed by atoms with Gasteiger partial charge in [0.05, 0.1) is 11.5 Å². The highest BCUT2D eigenvalue weighted by Crippen LogP contribution is 2.35. The number of nitro benzene ring substituents is 1. The summed E-state index contributed by atoms with van der Waals surface area (Å²) in [5.74, 6) is 1.02. The van der Waals surface area contributed by atoms with Crippen molar-refractivity contribution >= 4 is 23.1 Å². The predicted molar refractivity (Wildman–Crippen MR) is 110 cm³/mol. The monoisotopic (exact) mass is 412 g/mol. The summed E-state index contributed by atoms with van der Waals surface area (Å²) < 4.78 is 10.6. The number of anilines is 1. The molecule has 0 radical (unpaired) electrons. The van der Waals surface area contributed by atoms with E-state index in [0.29, 0.717) is 29.6 Å². The Hall–Kier alpha value is -3.07. The smallest absolute Gasteiger partial charge is 0.292 e. The lowest BCUT2D eigenvalue weighted by molar-refractivity contribution is -0.384. The minimum atomic E-state index is -0.312. The van der Waals surface area contributed by atoms with Crippen molar-refractivity contribution < 1.29 is 14.3 Å². The molecule has 1 fully saturated rings. The van der Waals surface area contributed by atoms with Crippen molar-refractivity contribution in [2.24, 2.45) is 0 Å². The molecule has 2 aromatic carbocycles. The van der Waals surface area contributed by atoms with Gasteiger partial charge in [-0.05, 0) is 35.3 Å². The van der Waals surface area contributed by atoms with E-state index in [0.717, 1.165) is 36.4 Å². The Morgan fingerprint density at radius 3 is 2.69 bits per heavy atom. The summed E-state index contributed by atoms with van der Waals surface area (Å²) >= 11 is 1.58. The zero-order valence-electron chi connectivity index (χ0n) is 15.7. The van der Waals surface area contributed by atoms with Crippen molar-refractivity contribution in [1.82, 2.24) is 10.3 Å². The van der Waals surface area contributed by atoms with Crippen LogP contribution in [0.25, 0.3) is 11.3 Å². The molecule has 0 unspecified atom stereocenters. The first kappa shape index (κ1) is 19.3. The Balaban J connectivity index is 1.37. The molecule has 1 aliphatic heterocycles. The molecular weight excluding hydrogens is 392 g/mol. The number of hydrogen-bond donors (Lipinski definition) is 0. The van der Waals surface area contributed by atoms with Crippen molar-refractivity contribution in [1.29, 1.82) is 0 Å². The number of nitro groups is 1. The van der Waals surface area contributed by atoms with E-state index < -0.39 is 0 Å². The van der Waals surface area contributed by atoms with Crippen LogP contribution in [0.5, 0.6) is 5.88 Å². The van der Waals surface area contributed by atoms with Gasteiger partial charge >= 0.3 is 0 Å². The lowest BCUT2D eigenvalue weighted by Gasteiger charge is -2.18. The van der Waals surface area contributed by atoms with Crippen molar-refractivity contribution in [2.45, 2.75) is 17.7 Å². The molecule has 9 heteroatoms. The van der Waals surface area contributed by atoms with Crippen LogP contribution in [0.15, 0.2) is 58.1 Å². The van der Waals surface area contributed by atoms with Crippen LogP contribution in [-0.2, 0) is 0 Å². The second kappa shape index (κ2) is 8.95. The number of rotatable bonds is 8. The zero-order valence-corrected chi connectivity index (χ0v) is 16.5. The van der Waals surface area contributed by atoms with E-state index in [1.165, 1.54) is 0 Å². The Kier molecular flexibility index (Phi) is 5.95. The van der Waals surface area contributed by atoms with Gasteiger partial charge in [-0.1, -0.05) is 30.3 Å². The third-order valence-electron chi connectivity index (χ3n) is 4.69. The van der Waals surface area contributed by atoms with Crippen molar-refractivity contribution in [3.8, 4) is 17.1 Å². The summed E-state index contributed by atoms with van der Waals surface area (Å²) in [5, 5.41) is 19.1. The highest BCUT2D eigenvalue weighted by molar-refractivity contribution is 7.99. The summed E-state index contributed by atoms with van der Waals surface area (Å²) in [6.45, 7) is 2.13. The van der Waals surface area contributed by atoms with E-state index >= 15 is 0 Å². The van der Waals surface area contributed by atoms with Crippen LogP contribution in [-0.4, -0.2) is 40.7 Å². The number of nitrogens with zero attached hydrogens (tertiary/aromatic N) is 4. The maximum absolute atomic E-state index is 11.4. The molecule has 1 aliphatic rings. The van der Waals surface area contributed by atoms with Gasteiger partial charge in [-0.2, -0.15) is 0 Å². The fraction of sp³-hybridized carbons (Fsp3) is 0.300. The average Bonchev–Trinajstić information content (AvgIpc) is 3.44. The van der Waals surface area contributed by atoms with E-state index in [9.17, 15) is 10.1 Å². The summed E-state index contributed by atoms with van der Waals surface area (Å²) in [7, 11) is 0. The van der Waals surface area contributed by atoms with Crippen LogP contribution >= 0.6 is 11.8 Å². The van der Waals surface area contributed by atoms with Gasteiger partial charge in [0, 0.05) is 35.4 Å².